The second kappa shape index (κ2) is 20.0. The van der Waals surface area contributed by atoms with Gasteiger partial charge in [-0.25, -0.2) is 0 Å². The first-order valence-electron chi connectivity index (χ1n) is 20.9. The molecule has 4 aromatic carbocycles. The molecular formula is C54H50O6S2. The van der Waals surface area contributed by atoms with Gasteiger partial charge in [0.15, 0.2) is 0 Å². The molecule has 8 heteroatoms. The van der Waals surface area contributed by atoms with Gasteiger partial charge in [0.25, 0.3) is 0 Å². The minimum absolute atomic E-state index is 0.234. The van der Waals surface area contributed by atoms with E-state index in [1.54, 1.807) is 59.1 Å². The number of carbonyl (C=O) groups excluding carboxylic acids is 3. The molecule has 0 aliphatic heterocycles. The first kappa shape index (κ1) is 43.7. The molecule has 0 saturated carbocycles. The van der Waals surface area contributed by atoms with Crippen molar-refractivity contribution in [2.45, 2.75) is 69.0 Å². The van der Waals surface area contributed by atoms with Crippen molar-refractivity contribution in [3.63, 3.8) is 0 Å². The predicted octanol–water partition coefficient (Wildman–Crippen LogP) is 14.0. The quantitative estimate of drug-likeness (QED) is 0.0336. The summed E-state index contributed by atoms with van der Waals surface area (Å²) in [6.45, 7) is 15.0. The van der Waals surface area contributed by atoms with Gasteiger partial charge in [-0.1, -0.05) is 87.7 Å². The Morgan fingerprint density at radius 1 is 0.548 bits per heavy atom. The topological polar surface area (TPSA) is 89.9 Å². The second-order valence-corrected chi connectivity index (χ2v) is 17.7. The lowest BCUT2D eigenvalue weighted by atomic mass is 9.70. The first-order chi connectivity index (χ1) is 30.2. The predicted molar refractivity (Wildman–Crippen MR) is 255 cm³/mol. The molecule has 0 fully saturated rings. The van der Waals surface area contributed by atoms with Crippen molar-refractivity contribution < 1.29 is 29.0 Å². The van der Waals surface area contributed by atoms with Gasteiger partial charge in [-0.15, -0.1) is 22.7 Å². The highest BCUT2D eigenvalue weighted by Gasteiger charge is 2.43. The molecule has 6 aromatic rings. The molecule has 1 N–H and O–H groups in total. The van der Waals surface area contributed by atoms with Crippen LogP contribution in [0.3, 0.4) is 0 Å². The number of phenolic OH excluding ortho intramolecular Hbond substituents is 1. The van der Waals surface area contributed by atoms with E-state index in [-0.39, 0.29) is 30.5 Å². The number of rotatable bonds is 21. The molecule has 0 saturated heterocycles. The fraction of sp³-hybridized carbons (Fsp3) is 0.204. The Kier molecular flexibility index (Phi) is 14.1. The van der Waals surface area contributed by atoms with Gasteiger partial charge in [0.1, 0.15) is 24.2 Å². The number of thiophene rings is 2. The summed E-state index contributed by atoms with van der Waals surface area (Å²) in [5, 5.41) is 9.90. The van der Waals surface area contributed by atoms with Crippen LogP contribution in [0.25, 0.3) is 52.9 Å². The molecule has 314 valence electrons. The van der Waals surface area contributed by atoms with E-state index in [1.807, 2.05) is 36.4 Å². The summed E-state index contributed by atoms with van der Waals surface area (Å²) < 4.78 is 11.1. The molecule has 0 atom stereocenters. The summed E-state index contributed by atoms with van der Waals surface area (Å²) in [6.07, 6.45) is 11.0. The van der Waals surface area contributed by atoms with Gasteiger partial charge in [0.2, 0.25) is 0 Å². The van der Waals surface area contributed by atoms with Crippen LogP contribution in [-0.4, -0.2) is 35.5 Å². The van der Waals surface area contributed by atoms with Gasteiger partial charge >= 0.3 is 11.9 Å². The van der Waals surface area contributed by atoms with Gasteiger partial charge in [0.05, 0.1) is 0 Å². The van der Waals surface area contributed by atoms with Crippen molar-refractivity contribution in [1.29, 1.82) is 0 Å². The highest BCUT2D eigenvalue weighted by atomic mass is 32.1. The molecule has 0 unspecified atom stereocenters. The van der Waals surface area contributed by atoms with Crippen molar-refractivity contribution in [1.82, 2.24) is 0 Å². The van der Waals surface area contributed by atoms with Crippen LogP contribution >= 0.6 is 22.7 Å². The number of ether oxygens (including phenoxy) is 2. The molecule has 0 spiro atoms. The number of phenols is 1. The average molecular weight is 859 g/mol. The normalized spacial score (nSPS) is 12.4. The summed E-state index contributed by atoms with van der Waals surface area (Å²) in [5.74, 6) is -0.335. The van der Waals surface area contributed by atoms with Crippen LogP contribution in [0.1, 0.15) is 72.9 Å². The molecule has 0 amide bonds. The maximum absolute atomic E-state index is 12.9. The zero-order valence-corrected chi connectivity index (χ0v) is 36.4. The Labute approximate surface area is 372 Å². The van der Waals surface area contributed by atoms with Crippen molar-refractivity contribution >= 4 is 40.9 Å². The highest BCUT2D eigenvalue weighted by molar-refractivity contribution is 7.19. The van der Waals surface area contributed by atoms with E-state index in [0.29, 0.717) is 18.4 Å². The minimum atomic E-state index is -0.528. The van der Waals surface area contributed by atoms with E-state index in [4.69, 9.17) is 9.47 Å². The van der Waals surface area contributed by atoms with E-state index in [1.165, 1.54) is 22.3 Å². The number of hydrogen-bond donors (Lipinski definition) is 1. The summed E-state index contributed by atoms with van der Waals surface area (Å²) in [7, 11) is 0. The van der Waals surface area contributed by atoms with Gasteiger partial charge in [-0.05, 0) is 155 Å². The fourth-order valence-electron chi connectivity index (χ4n) is 8.31. The maximum Gasteiger partial charge on any atom is 0.306 e. The van der Waals surface area contributed by atoms with Gasteiger partial charge in [0, 0.05) is 43.3 Å². The van der Waals surface area contributed by atoms with Gasteiger partial charge < -0.3 is 14.6 Å². The molecule has 0 radical (unpaired) electrons. The fourth-order valence-corrected chi connectivity index (χ4v) is 10.3. The summed E-state index contributed by atoms with van der Waals surface area (Å²) in [6, 6.07) is 37.2. The van der Waals surface area contributed by atoms with Crippen LogP contribution in [-0.2, 0) is 24.5 Å². The van der Waals surface area contributed by atoms with Crippen LogP contribution in [0, 0.1) is 0 Å². The highest BCUT2D eigenvalue weighted by Crippen LogP contribution is 2.56. The molecule has 1 aliphatic carbocycles. The lowest BCUT2D eigenvalue weighted by molar-refractivity contribution is -0.146. The third-order valence-electron chi connectivity index (χ3n) is 11.6. The van der Waals surface area contributed by atoms with Crippen LogP contribution < -0.4 is 0 Å². The maximum atomic E-state index is 12.9. The smallest absolute Gasteiger partial charge is 0.306 e. The number of fused-ring (bicyclic) bond motifs is 3. The Morgan fingerprint density at radius 3 is 1.34 bits per heavy atom. The SMILES string of the molecule is C=CC(C=C)OC(=O)CCCCC1(CCCCC(=O)OC(C=C)C=C)c2cc(-c3ccc(-c4ccc(O)cc4)s3)ccc2-c2ccc(-c3ccc(-c4ccc(C=O)cc4)s3)cc21. The Hall–Kier alpha value is -6.35. The van der Waals surface area contributed by atoms with E-state index in [2.05, 4.69) is 87.0 Å². The van der Waals surface area contributed by atoms with Gasteiger partial charge in [-0.2, -0.15) is 0 Å². The van der Waals surface area contributed by atoms with Crippen molar-refractivity contribution in [2.24, 2.45) is 0 Å². The molecule has 6 nitrogen and oxygen atoms in total. The molecule has 2 heterocycles. The monoisotopic (exact) mass is 858 g/mol. The standard InChI is InChI=1S/C54H50O6S2/c1-5-42(6-2)59-52(57)13-9-11-31-54(32-12-10-14-53(58)60-43(7-3)8-4)46-33-39(50-29-27-48(61-50)37-17-15-36(35-55)16-18-37)21-25-44(46)45-26-22-40(34-47(45)54)51-30-28-49(62-51)38-19-23-41(56)24-20-38/h5-8,15-30,33-35,42-43,56H,1-4,9-14,31-32H2. The number of carbonyl (C=O) groups is 3. The number of benzene rings is 4. The lowest BCUT2D eigenvalue weighted by Gasteiger charge is -2.33. The molecule has 7 rings (SSSR count). The second-order valence-electron chi connectivity index (χ2n) is 15.5. The summed E-state index contributed by atoms with van der Waals surface area (Å²) >= 11 is 3.43. The number of aldehydes is 1. The van der Waals surface area contributed by atoms with Crippen molar-refractivity contribution in [3.05, 3.63) is 177 Å². The van der Waals surface area contributed by atoms with E-state index < -0.39 is 17.6 Å². The van der Waals surface area contributed by atoms with Crippen molar-refractivity contribution in [2.75, 3.05) is 0 Å². The molecule has 0 bridgehead atoms. The number of aromatic hydroxyl groups is 1. The van der Waals surface area contributed by atoms with Crippen molar-refractivity contribution in [3.8, 4) is 58.6 Å². The van der Waals surface area contributed by atoms with E-state index in [9.17, 15) is 19.5 Å². The minimum Gasteiger partial charge on any atom is -0.508 e. The number of esters is 2. The summed E-state index contributed by atoms with van der Waals surface area (Å²) in [4.78, 5) is 41.6. The molecule has 62 heavy (non-hydrogen) atoms. The Morgan fingerprint density at radius 2 is 0.935 bits per heavy atom. The molecule has 2 aromatic heterocycles. The lowest BCUT2D eigenvalue weighted by Crippen LogP contribution is -2.26. The van der Waals surface area contributed by atoms with Crippen LogP contribution in [0.2, 0.25) is 0 Å². The zero-order valence-electron chi connectivity index (χ0n) is 34.7. The first-order valence-corrected chi connectivity index (χ1v) is 22.6. The Balaban J connectivity index is 1.27. The molecular weight excluding hydrogens is 809 g/mol. The number of unbranched alkanes of at least 4 members (excludes halogenated alkanes) is 2. The van der Waals surface area contributed by atoms with Crippen LogP contribution in [0.4, 0.5) is 0 Å². The largest absolute Gasteiger partial charge is 0.508 e. The summed E-state index contributed by atoms with van der Waals surface area (Å²) in [5.41, 5.74) is 9.40. The zero-order chi connectivity index (χ0) is 43.6. The van der Waals surface area contributed by atoms with Gasteiger partial charge in [-0.3, -0.25) is 14.4 Å². The molecule has 1 aliphatic rings. The van der Waals surface area contributed by atoms with Crippen LogP contribution in [0.15, 0.2) is 160 Å². The average Bonchev–Trinajstić information content (AvgIpc) is 4.06. The Bertz CT molecular complexity index is 2530. The third-order valence-corrected chi connectivity index (χ3v) is 13.9. The third kappa shape index (κ3) is 9.73. The van der Waals surface area contributed by atoms with E-state index in [0.717, 1.165) is 73.7 Å². The van der Waals surface area contributed by atoms with E-state index >= 15 is 0 Å². The van der Waals surface area contributed by atoms with Crippen LogP contribution in [0.5, 0.6) is 5.75 Å². The number of hydrogen-bond acceptors (Lipinski definition) is 8.